The molecule has 6 heteroatoms. The molecule has 0 amide bonds. The first kappa shape index (κ1) is 15.5. The molecule has 0 aromatic heterocycles. The van der Waals surface area contributed by atoms with Crippen molar-refractivity contribution < 1.29 is 17.9 Å². The van der Waals surface area contributed by atoms with Crippen LogP contribution in [0, 0.1) is 6.92 Å². The number of hydrogen-bond donors (Lipinski definition) is 1. The molecule has 0 spiro atoms. The van der Waals surface area contributed by atoms with Gasteiger partial charge in [0.1, 0.15) is 5.75 Å². The van der Waals surface area contributed by atoms with Crippen molar-refractivity contribution in [2.45, 2.75) is 19.8 Å². The van der Waals surface area contributed by atoms with E-state index in [0.29, 0.717) is 17.3 Å². The predicted molar refractivity (Wildman–Crippen MR) is 76.6 cm³/mol. The van der Waals surface area contributed by atoms with E-state index in [1.54, 1.807) is 6.07 Å². The van der Waals surface area contributed by atoms with E-state index in [2.05, 4.69) is 10.1 Å². The molecular formula is C15H13ClF3NO. The summed E-state index contributed by atoms with van der Waals surface area (Å²) >= 11 is 5.88. The first-order valence-corrected chi connectivity index (χ1v) is 6.56. The zero-order valence-electron chi connectivity index (χ0n) is 11.2. The highest BCUT2D eigenvalue weighted by atomic mass is 35.5. The van der Waals surface area contributed by atoms with Crippen LogP contribution < -0.4 is 10.1 Å². The van der Waals surface area contributed by atoms with Crippen molar-refractivity contribution in [2.24, 2.45) is 0 Å². The standard InChI is InChI=1S/C15H13ClF3NO/c1-10-8-12(16)3-2-11(10)9-20-13-4-6-14(7-5-13)21-15(17,18)19/h2-8,20H,9H2,1H3. The number of hydrogen-bond acceptors (Lipinski definition) is 2. The lowest BCUT2D eigenvalue weighted by Crippen LogP contribution is -2.17. The third-order valence-electron chi connectivity index (χ3n) is 2.88. The molecule has 0 radical (unpaired) electrons. The number of nitrogens with one attached hydrogen (secondary N) is 1. The van der Waals surface area contributed by atoms with Crippen LogP contribution in [-0.4, -0.2) is 6.36 Å². The molecule has 0 saturated carbocycles. The quantitative estimate of drug-likeness (QED) is 0.841. The van der Waals surface area contributed by atoms with Gasteiger partial charge in [-0.15, -0.1) is 13.2 Å². The van der Waals surface area contributed by atoms with Crippen molar-refractivity contribution in [1.82, 2.24) is 0 Å². The van der Waals surface area contributed by atoms with Gasteiger partial charge in [-0.25, -0.2) is 0 Å². The Morgan fingerprint density at radius 2 is 1.76 bits per heavy atom. The second kappa shape index (κ2) is 6.26. The van der Waals surface area contributed by atoms with E-state index in [4.69, 9.17) is 11.6 Å². The van der Waals surface area contributed by atoms with E-state index in [9.17, 15) is 13.2 Å². The third-order valence-corrected chi connectivity index (χ3v) is 3.11. The van der Waals surface area contributed by atoms with Crippen molar-refractivity contribution in [2.75, 3.05) is 5.32 Å². The molecular weight excluding hydrogens is 303 g/mol. The molecule has 0 unspecified atom stereocenters. The van der Waals surface area contributed by atoms with Gasteiger partial charge in [-0.1, -0.05) is 17.7 Å². The smallest absolute Gasteiger partial charge is 0.406 e. The number of anilines is 1. The summed E-state index contributed by atoms with van der Waals surface area (Å²) in [6.07, 6.45) is -4.67. The van der Waals surface area contributed by atoms with Crippen LogP contribution in [0.2, 0.25) is 5.02 Å². The topological polar surface area (TPSA) is 21.3 Å². The van der Waals surface area contributed by atoms with Crippen LogP contribution in [0.25, 0.3) is 0 Å². The Morgan fingerprint density at radius 3 is 2.33 bits per heavy atom. The fraction of sp³-hybridized carbons (Fsp3) is 0.200. The first-order valence-electron chi connectivity index (χ1n) is 6.18. The minimum absolute atomic E-state index is 0.240. The van der Waals surface area contributed by atoms with Gasteiger partial charge in [-0.05, 0) is 54.4 Å². The van der Waals surface area contributed by atoms with Gasteiger partial charge >= 0.3 is 6.36 Å². The number of benzene rings is 2. The van der Waals surface area contributed by atoms with Crippen molar-refractivity contribution in [3.05, 3.63) is 58.6 Å². The minimum Gasteiger partial charge on any atom is -0.406 e. The van der Waals surface area contributed by atoms with Crippen LogP contribution in [0.5, 0.6) is 5.75 Å². The Morgan fingerprint density at radius 1 is 1.10 bits per heavy atom. The van der Waals surface area contributed by atoms with E-state index in [1.165, 1.54) is 24.3 Å². The molecule has 1 N–H and O–H groups in total. The number of alkyl halides is 3. The molecule has 0 aliphatic heterocycles. The Balaban J connectivity index is 1.97. The molecule has 0 bridgehead atoms. The van der Waals surface area contributed by atoms with Crippen LogP contribution in [0.1, 0.15) is 11.1 Å². The fourth-order valence-electron chi connectivity index (χ4n) is 1.83. The van der Waals surface area contributed by atoms with E-state index < -0.39 is 6.36 Å². The third kappa shape index (κ3) is 4.86. The van der Waals surface area contributed by atoms with Crippen LogP contribution in [0.4, 0.5) is 18.9 Å². The zero-order valence-corrected chi connectivity index (χ0v) is 11.9. The second-order valence-electron chi connectivity index (χ2n) is 4.50. The Kier molecular flexibility index (Phi) is 4.63. The molecule has 0 saturated heterocycles. The second-order valence-corrected chi connectivity index (χ2v) is 4.93. The van der Waals surface area contributed by atoms with E-state index in [0.717, 1.165) is 11.1 Å². The highest BCUT2D eigenvalue weighted by Gasteiger charge is 2.30. The van der Waals surface area contributed by atoms with Crippen molar-refractivity contribution in [3.63, 3.8) is 0 Å². The number of rotatable bonds is 4. The Bertz CT molecular complexity index is 611. The molecule has 112 valence electrons. The highest BCUT2D eigenvalue weighted by molar-refractivity contribution is 6.30. The zero-order chi connectivity index (χ0) is 15.5. The van der Waals surface area contributed by atoms with Gasteiger partial charge < -0.3 is 10.1 Å². The molecule has 0 atom stereocenters. The lowest BCUT2D eigenvalue weighted by atomic mass is 10.1. The van der Waals surface area contributed by atoms with Crippen molar-refractivity contribution >= 4 is 17.3 Å². The van der Waals surface area contributed by atoms with Gasteiger partial charge in [0, 0.05) is 17.3 Å². The van der Waals surface area contributed by atoms with Crippen LogP contribution >= 0.6 is 11.6 Å². The summed E-state index contributed by atoms with van der Waals surface area (Å²) in [4.78, 5) is 0. The molecule has 2 aromatic rings. The summed E-state index contributed by atoms with van der Waals surface area (Å²) in [7, 11) is 0. The Labute approximate surface area is 125 Å². The normalized spacial score (nSPS) is 11.3. The molecule has 0 fully saturated rings. The SMILES string of the molecule is Cc1cc(Cl)ccc1CNc1ccc(OC(F)(F)F)cc1. The van der Waals surface area contributed by atoms with Gasteiger partial charge in [0.15, 0.2) is 0 Å². The van der Waals surface area contributed by atoms with Gasteiger partial charge in [0.2, 0.25) is 0 Å². The summed E-state index contributed by atoms with van der Waals surface area (Å²) in [5, 5.41) is 3.80. The first-order chi connectivity index (χ1) is 9.83. The lowest BCUT2D eigenvalue weighted by molar-refractivity contribution is -0.274. The van der Waals surface area contributed by atoms with Crippen LogP contribution in [-0.2, 0) is 6.54 Å². The Hall–Kier alpha value is -1.88. The lowest BCUT2D eigenvalue weighted by Gasteiger charge is -2.11. The van der Waals surface area contributed by atoms with E-state index in [1.807, 2.05) is 19.1 Å². The molecule has 2 rings (SSSR count). The molecule has 21 heavy (non-hydrogen) atoms. The van der Waals surface area contributed by atoms with Crippen LogP contribution in [0.3, 0.4) is 0 Å². The van der Waals surface area contributed by atoms with Crippen molar-refractivity contribution in [1.29, 1.82) is 0 Å². The van der Waals surface area contributed by atoms with Gasteiger partial charge in [0.05, 0.1) is 0 Å². The average molecular weight is 316 g/mol. The maximum atomic E-state index is 12.0. The molecule has 2 nitrogen and oxygen atoms in total. The number of aryl methyl sites for hydroxylation is 1. The maximum absolute atomic E-state index is 12.0. The minimum atomic E-state index is -4.67. The van der Waals surface area contributed by atoms with E-state index in [-0.39, 0.29) is 5.75 Å². The molecule has 0 aliphatic rings. The fourth-order valence-corrected chi connectivity index (χ4v) is 2.06. The summed E-state index contributed by atoms with van der Waals surface area (Å²) in [5.41, 5.74) is 2.82. The summed E-state index contributed by atoms with van der Waals surface area (Å²) in [5.74, 6) is -0.240. The summed E-state index contributed by atoms with van der Waals surface area (Å²) < 4.78 is 39.9. The van der Waals surface area contributed by atoms with Gasteiger partial charge in [-0.2, -0.15) is 0 Å². The highest BCUT2D eigenvalue weighted by Crippen LogP contribution is 2.24. The number of halogens is 4. The van der Waals surface area contributed by atoms with Crippen molar-refractivity contribution in [3.8, 4) is 5.75 Å². The van der Waals surface area contributed by atoms with Gasteiger partial charge in [-0.3, -0.25) is 0 Å². The maximum Gasteiger partial charge on any atom is 0.573 e. The van der Waals surface area contributed by atoms with Crippen LogP contribution in [0.15, 0.2) is 42.5 Å². The summed E-state index contributed by atoms with van der Waals surface area (Å²) in [6.45, 7) is 2.51. The predicted octanol–water partition coefficient (Wildman–Crippen LogP) is 5.16. The molecule has 2 aromatic carbocycles. The van der Waals surface area contributed by atoms with E-state index >= 15 is 0 Å². The largest absolute Gasteiger partial charge is 0.573 e. The summed E-state index contributed by atoms with van der Waals surface area (Å²) in [6, 6.07) is 11.2. The number of ether oxygens (including phenoxy) is 1. The molecule has 0 aliphatic carbocycles. The van der Waals surface area contributed by atoms with Gasteiger partial charge in [0.25, 0.3) is 0 Å². The average Bonchev–Trinajstić information content (AvgIpc) is 2.38. The molecule has 0 heterocycles. The monoisotopic (exact) mass is 315 g/mol.